The molecule has 2 heterocycles. The summed E-state index contributed by atoms with van der Waals surface area (Å²) in [6, 6.07) is 0.248. The lowest BCUT2D eigenvalue weighted by atomic mass is 10.1. The van der Waals surface area contributed by atoms with Gasteiger partial charge in [0.25, 0.3) is 0 Å². The number of hydrogen-bond acceptors (Lipinski definition) is 6. The molecule has 0 aliphatic carbocycles. The largest absolute Gasteiger partial charge is 0.444 e. The molecule has 0 radical (unpaired) electrons. The normalized spacial score (nSPS) is 16.4. The Kier molecular flexibility index (Phi) is 5.19. The van der Waals surface area contributed by atoms with E-state index >= 15 is 0 Å². The molecule has 23 heavy (non-hydrogen) atoms. The SMILES string of the molecule is CC(C)(C)OC(=O)N1CCC(NCc2ncc([N+](=O)[O-])[nH]2)CC1. The number of aromatic amines is 1. The third kappa shape index (κ3) is 5.20. The highest BCUT2D eigenvalue weighted by atomic mass is 16.6. The van der Waals surface area contributed by atoms with Gasteiger partial charge in [-0.3, -0.25) is 0 Å². The summed E-state index contributed by atoms with van der Waals surface area (Å²) < 4.78 is 5.35. The van der Waals surface area contributed by atoms with Gasteiger partial charge in [0.05, 0.1) is 6.54 Å². The van der Waals surface area contributed by atoms with Gasteiger partial charge in [-0.15, -0.1) is 0 Å². The first kappa shape index (κ1) is 17.2. The topological polar surface area (TPSA) is 113 Å². The third-order valence-corrected chi connectivity index (χ3v) is 3.52. The van der Waals surface area contributed by atoms with Gasteiger partial charge in [-0.2, -0.15) is 0 Å². The van der Waals surface area contributed by atoms with Gasteiger partial charge in [-0.1, -0.05) is 0 Å². The van der Waals surface area contributed by atoms with Gasteiger partial charge in [0, 0.05) is 19.1 Å². The number of likely N-dealkylation sites (tertiary alicyclic amines) is 1. The minimum absolute atomic E-state index is 0.110. The first-order valence-corrected chi connectivity index (χ1v) is 7.64. The number of nitrogens with zero attached hydrogens (tertiary/aromatic N) is 3. The smallest absolute Gasteiger partial charge is 0.410 e. The van der Waals surface area contributed by atoms with E-state index in [4.69, 9.17) is 4.74 Å². The Bertz CT molecular complexity index is 558. The summed E-state index contributed by atoms with van der Waals surface area (Å²) >= 11 is 0. The van der Waals surface area contributed by atoms with Gasteiger partial charge in [0.2, 0.25) is 5.82 Å². The van der Waals surface area contributed by atoms with Gasteiger partial charge >= 0.3 is 11.9 Å². The lowest BCUT2D eigenvalue weighted by molar-refractivity contribution is -0.389. The van der Waals surface area contributed by atoms with Crippen LogP contribution in [0.1, 0.15) is 39.4 Å². The van der Waals surface area contributed by atoms with E-state index < -0.39 is 10.5 Å². The summed E-state index contributed by atoms with van der Waals surface area (Å²) in [6.45, 7) is 7.24. The highest BCUT2D eigenvalue weighted by Crippen LogP contribution is 2.16. The van der Waals surface area contributed by atoms with Crippen LogP contribution in [0.3, 0.4) is 0 Å². The fourth-order valence-electron chi connectivity index (χ4n) is 2.37. The van der Waals surface area contributed by atoms with Crippen molar-refractivity contribution in [3.63, 3.8) is 0 Å². The second kappa shape index (κ2) is 6.95. The molecule has 9 nitrogen and oxygen atoms in total. The molecule has 0 spiro atoms. The quantitative estimate of drug-likeness (QED) is 0.644. The highest BCUT2D eigenvalue weighted by molar-refractivity contribution is 5.68. The molecule has 0 unspecified atom stereocenters. The molecule has 1 amide bonds. The van der Waals surface area contributed by atoms with E-state index in [1.807, 2.05) is 20.8 Å². The third-order valence-electron chi connectivity index (χ3n) is 3.52. The predicted octanol–water partition coefficient (Wildman–Crippen LogP) is 1.81. The van der Waals surface area contributed by atoms with Crippen LogP contribution in [0.25, 0.3) is 0 Å². The number of nitro groups is 1. The maximum Gasteiger partial charge on any atom is 0.410 e. The minimum Gasteiger partial charge on any atom is -0.444 e. The number of piperidine rings is 1. The van der Waals surface area contributed by atoms with Crippen molar-refractivity contribution in [3.05, 3.63) is 22.1 Å². The van der Waals surface area contributed by atoms with Crippen molar-refractivity contribution in [3.8, 4) is 0 Å². The number of aromatic nitrogens is 2. The van der Waals surface area contributed by atoms with Crippen LogP contribution in [0, 0.1) is 10.1 Å². The Morgan fingerprint density at radius 2 is 2.17 bits per heavy atom. The van der Waals surface area contributed by atoms with Crippen LogP contribution in [0.5, 0.6) is 0 Å². The summed E-state index contributed by atoms with van der Waals surface area (Å²) in [5.74, 6) is 0.424. The maximum atomic E-state index is 12.0. The van der Waals surface area contributed by atoms with Gasteiger partial charge in [0.15, 0.2) is 0 Å². The maximum absolute atomic E-state index is 12.0. The molecule has 2 N–H and O–H groups in total. The number of nitrogens with one attached hydrogen (secondary N) is 2. The average molecular weight is 325 g/mol. The molecule has 128 valence electrons. The van der Waals surface area contributed by atoms with Crippen LogP contribution >= 0.6 is 0 Å². The Balaban J connectivity index is 1.74. The molecule has 1 aromatic heterocycles. The Morgan fingerprint density at radius 3 is 2.70 bits per heavy atom. The molecular weight excluding hydrogens is 302 g/mol. The van der Waals surface area contributed by atoms with E-state index in [-0.39, 0.29) is 18.0 Å². The fraction of sp³-hybridized carbons (Fsp3) is 0.714. The molecule has 1 aromatic rings. The molecule has 0 aromatic carbocycles. The first-order valence-electron chi connectivity index (χ1n) is 7.64. The second-order valence-corrected chi connectivity index (χ2v) is 6.59. The lowest BCUT2D eigenvalue weighted by Crippen LogP contribution is -2.46. The van der Waals surface area contributed by atoms with Gasteiger partial charge in [-0.05, 0) is 38.5 Å². The average Bonchev–Trinajstić information content (AvgIpc) is 2.93. The molecule has 0 bridgehead atoms. The van der Waals surface area contributed by atoms with Crippen molar-refractivity contribution < 1.29 is 14.5 Å². The van der Waals surface area contributed by atoms with Gasteiger partial charge < -0.3 is 25.1 Å². The van der Waals surface area contributed by atoms with Crippen molar-refractivity contribution in [1.29, 1.82) is 0 Å². The Labute approximate surface area is 134 Å². The molecular formula is C14H23N5O4. The molecule has 1 aliphatic heterocycles. The van der Waals surface area contributed by atoms with Crippen molar-refractivity contribution in [1.82, 2.24) is 20.2 Å². The zero-order chi connectivity index (χ0) is 17.0. The monoisotopic (exact) mass is 325 g/mol. The summed E-state index contributed by atoms with van der Waals surface area (Å²) in [4.78, 5) is 30.4. The zero-order valence-corrected chi connectivity index (χ0v) is 13.7. The first-order chi connectivity index (χ1) is 10.7. The molecule has 1 aliphatic rings. The van der Waals surface area contributed by atoms with Crippen LogP contribution in [-0.2, 0) is 11.3 Å². The minimum atomic E-state index is -0.504. The Hall–Kier alpha value is -2.16. The van der Waals surface area contributed by atoms with E-state index in [2.05, 4.69) is 15.3 Å². The van der Waals surface area contributed by atoms with Crippen molar-refractivity contribution in [2.45, 2.75) is 51.8 Å². The van der Waals surface area contributed by atoms with Gasteiger partial charge in [0.1, 0.15) is 11.8 Å². The van der Waals surface area contributed by atoms with E-state index in [9.17, 15) is 14.9 Å². The molecule has 9 heteroatoms. The Morgan fingerprint density at radius 1 is 1.52 bits per heavy atom. The van der Waals surface area contributed by atoms with Crippen LogP contribution in [0.4, 0.5) is 10.6 Å². The van der Waals surface area contributed by atoms with E-state index in [1.54, 1.807) is 4.90 Å². The van der Waals surface area contributed by atoms with Crippen LogP contribution in [0.2, 0.25) is 0 Å². The number of imidazole rings is 1. The summed E-state index contributed by atoms with van der Waals surface area (Å²) in [6.07, 6.45) is 2.55. The number of hydrogen-bond donors (Lipinski definition) is 2. The van der Waals surface area contributed by atoms with Crippen LogP contribution < -0.4 is 5.32 Å². The van der Waals surface area contributed by atoms with Crippen LogP contribution in [-0.4, -0.2) is 50.6 Å². The standard InChI is InChI=1S/C14H23N5O4/c1-14(2,3)23-13(20)18-6-4-10(5-7-18)15-8-11-16-9-12(17-11)19(21)22/h9-10,15H,4-8H2,1-3H3,(H,16,17). The van der Waals surface area contributed by atoms with E-state index in [0.29, 0.717) is 25.5 Å². The number of amides is 1. The summed E-state index contributed by atoms with van der Waals surface area (Å²) in [5, 5.41) is 13.9. The molecule has 2 rings (SSSR count). The predicted molar refractivity (Wildman–Crippen MR) is 82.9 cm³/mol. The molecule has 0 saturated carbocycles. The van der Waals surface area contributed by atoms with Crippen molar-refractivity contribution >= 4 is 11.9 Å². The number of rotatable bonds is 4. The number of ether oxygens (including phenoxy) is 1. The number of carbonyl (C=O) groups excluding carboxylic acids is 1. The van der Waals surface area contributed by atoms with Crippen molar-refractivity contribution in [2.24, 2.45) is 0 Å². The van der Waals surface area contributed by atoms with Gasteiger partial charge in [-0.25, -0.2) is 14.8 Å². The van der Waals surface area contributed by atoms with E-state index in [1.165, 1.54) is 6.20 Å². The number of carbonyl (C=O) groups is 1. The highest BCUT2D eigenvalue weighted by Gasteiger charge is 2.26. The second-order valence-electron chi connectivity index (χ2n) is 6.59. The molecule has 1 saturated heterocycles. The zero-order valence-electron chi connectivity index (χ0n) is 13.7. The summed E-state index contributed by atoms with van der Waals surface area (Å²) in [7, 11) is 0. The summed E-state index contributed by atoms with van der Waals surface area (Å²) in [5.41, 5.74) is -0.486. The van der Waals surface area contributed by atoms with E-state index in [0.717, 1.165) is 12.8 Å². The molecule has 1 fully saturated rings. The van der Waals surface area contributed by atoms with Crippen LogP contribution in [0.15, 0.2) is 6.20 Å². The van der Waals surface area contributed by atoms with Crippen molar-refractivity contribution in [2.75, 3.05) is 13.1 Å². The number of H-pyrrole nitrogens is 1. The fourth-order valence-corrected chi connectivity index (χ4v) is 2.37. The lowest BCUT2D eigenvalue weighted by Gasteiger charge is -2.33. The molecule has 0 atom stereocenters.